The van der Waals surface area contributed by atoms with E-state index >= 15 is 0 Å². The Morgan fingerprint density at radius 2 is 1.83 bits per heavy atom. The number of Topliss-reactive ketones (excluding diaryl/α,β-unsaturated/α-hetero) is 2. The third kappa shape index (κ3) is 3.71. The van der Waals surface area contributed by atoms with Crippen LogP contribution in [0.15, 0.2) is 34.8 Å². The number of phenols is 1. The number of carbonyl (C=O) groups is 3. The topological polar surface area (TPSA) is 173 Å². The predicted octanol–water partition coefficient (Wildman–Crippen LogP) is 1.01. The summed E-state index contributed by atoms with van der Waals surface area (Å²) in [5, 5.41) is 47.7. The van der Waals surface area contributed by atoms with Gasteiger partial charge >= 0.3 is 0 Å². The van der Waals surface area contributed by atoms with Crippen molar-refractivity contribution in [2.75, 3.05) is 14.1 Å². The van der Waals surface area contributed by atoms with Gasteiger partial charge in [-0.05, 0) is 70.8 Å². The van der Waals surface area contributed by atoms with E-state index in [9.17, 15) is 34.8 Å². The van der Waals surface area contributed by atoms with Crippen LogP contribution in [0, 0.1) is 11.8 Å². The van der Waals surface area contributed by atoms with Gasteiger partial charge in [-0.15, -0.1) is 0 Å². The third-order valence-electron chi connectivity index (χ3n) is 7.51. The molecule has 4 rings (SSSR count). The summed E-state index contributed by atoms with van der Waals surface area (Å²) >= 11 is 0. The number of ketones is 2. The third-order valence-corrected chi connectivity index (χ3v) is 7.51. The molecule has 0 radical (unpaired) electrons. The number of nitrogens with two attached hydrogens (primary N) is 1. The Balaban J connectivity index is 1.89. The van der Waals surface area contributed by atoms with Crippen LogP contribution in [0.25, 0.3) is 0 Å². The van der Waals surface area contributed by atoms with Crippen LogP contribution in [0.2, 0.25) is 0 Å². The summed E-state index contributed by atoms with van der Waals surface area (Å²) in [5.41, 5.74) is 3.00. The van der Waals surface area contributed by atoms with E-state index in [0.29, 0.717) is 12.1 Å². The minimum atomic E-state index is -2.63. The van der Waals surface area contributed by atoms with Crippen molar-refractivity contribution in [3.63, 3.8) is 0 Å². The number of hydrogen-bond acceptors (Lipinski definition) is 9. The van der Waals surface area contributed by atoms with Crippen LogP contribution in [0.4, 0.5) is 0 Å². The van der Waals surface area contributed by atoms with Gasteiger partial charge in [-0.1, -0.05) is 6.07 Å². The standard InChI is InChI=1S/C26H33N3O7/c1-25(2,3)28-10-11-6-7-15(30)17-13(11)8-12-9-14-19(29(4)5)21(32)18(24(27)35)23(34)26(14,36)22(33)16(12)20(17)31/h6-7,12,14,19,28,30,32-33,36H,8-10H2,1-5H3,(H2,27,35)/t12-,14-,19-,26-/m0/s1. The number of likely N-dealkylation sites (N-methyl/N-ethyl adjacent to an activating group) is 1. The molecule has 1 amide bonds. The first-order chi connectivity index (χ1) is 16.6. The second kappa shape index (κ2) is 8.43. The minimum Gasteiger partial charge on any atom is -0.510 e. The lowest BCUT2D eigenvalue weighted by atomic mass is 9.58. The molecule has 3 aliphatic carbocycles. The molecule has 0 bridgehead atoms. The molecule has 0 aliphatic heterocycles. The number of hydrogen-bond donors (Lipinski definition) is 6. The van der Waals surface area contributed by atoms with Crippen molar-refractivity contribution in [1.82, 2.24) is 10.2 Å². The number of phenolic OH excluding ortho intramolecular Hbond substituents is 1. The zero-order valence-corrected chi connectivity index (χ0v) is 21.0. The molecule has 0 saturated heterocycles. The van der Waals surface area contributed by atoms with Crippen LogP contribution in [0.1, 0.15) is 48.7 Å². The van der Waals surface area contributed by atoms with E-state index in [-0.39, 0.29) is 35.3 Å². The van der Waals surface area contributed by atoms with E-state index in [2.05, 4.69) is 5.32 Å². The number of nitrogens with one attached hydrogen (secondary N) is 1. The second-order valence-electron chi connectivity index (χ2n) is 11.2. The molecule has 3 aliphatic rings. The minimum absolute atomic E-state index is 0.0176. The Morgan fingerprint density at radius 3 is 2.39 bits per heavy atom. The van der Waals surface area contributed by atoms with Gasteiger partial charge in [-0.3, -0.25) is 19.3 Å². The van der Waals surface area contributed by atoms with Gasteiger partial charge in [0, 0.05) is 23.6 Å². The SMILES string of the molecule is CN(C)[C@@H]1C(O)=C(C(N)=O)C(=O)[C@@]2(O)C(O)=C3C(=O)c4c(O)ccc(CNC(C)(C)C)c4C[C@H]3C[C@@H]12. The molecular weight excluding hydrogens is 466 g/mol. The molecule has 36 heavy (non-hydrogen) atoms. The van der Waals surface area contributed by atoms with E-state index < -0.39 is 58.0 Å². The predicted molar refractivity (Wildman–Crippen MR) is 130 cm³/mol. The number of benzene rings is 1. The molecule has 7 N–H and O–H groups in total. The molecule has 0 aromatic heterocycles. The van der Waals surface area contributed by atoms with Crippen molar-refractivity contribution in [2.24, 2.45) is 17.6 Å². The maximum Gasteiger partial charge on any atom is 0.255 e. The van der Waals surface area contributed by atoms with Crippen molar-refractivity contribution in [3.05, 3.63) is 51.5 Å². The van der Waals surface area contributed by atoms with E-state index in [4.69, 9.17) is 5.73 Å². The largest absolute Gasteiger partial charge is 0.510 e. The smallest absolute Gasteiger partial charge is 0.255 e. The van der Waals surface area contributed by atoms with E-state index in [1.165, 1.54) is 11.0 Å². The summed E-state index contributed by atoms with van der Waals surface area (Å²) in [5.74, 6) is -6.52. The molecule has 0 heterocycles. The molecule has 1 aromatic carbocycles. The number of amides is 1. The van der Waals surface area contributed by atoms with Gasteiger partial charge in [0.25, 0.3) is 5.91 Å². The van der Waals surface area contributed by atoms with Gasteiger partial charge < -0.3 is 31.5 Å². The highest BCUT2D eigenvalue weighted by Gasteiger charge is 2.63. The second-order valence-corrected chi connectivity index (χ2v) is 11.2. The molecule has 1 aromatic rings. The van der Waals surface area contributed by atoms with Gasteiger partial charge in [0.15, 0.2) is 11.4 Å². The van der Waals surface area contributed by atoms with Crippen LogP contribution in [-0.2, 0) is 22.6 Å². The molecular formula is C26H33N3O7. The first-order valence-electron chi connectivity index (χ1n) is 11.8. The summed E-state index contributed by atoms with van der Waals surface area (Å²) < 4.78 is 0. The van der Waals surface area contributed by atoms with E-state index in [0.717, 1.165) is 5.56 Å². The number of carbonyl (C=O) groups excluding carboxylic acids is 3. The number of fused-ring (bicyclic) bond motifs is 3. The summed E-state index contributed by atoms with van der Waals surface area (Å²) in [6.07, 6.45) is 0.331. The monoisotopic (exact) mass is 499 g/mol. The maximum atomic E-state index is 13.7. The Morgan fingerprint density at radius 1 is 1.19 bits per heavy atom. The number of allylic oxidation sites excluding steroid dienone is 1. The molecule has 10 heteroatoms. The molecule has 4 atom stereocenters. The lowest BCUT2D eigenvalue weighted by molar-refractivity contribution is -0.148. The highest BCUT2D eigenvalue weighted by molar-refractivity contribution is 6.24. The molecule has 0 spiro atoms. The molecule has 0 saturated carbocycles. The van der Waals surface area contributed by atoms with Crippen molar-refractivity contribution >= 4 is 17.5 Å². The normalized spacial score (nSPS) is 28.2. The first-order valence-corrected chi connectivity index (χ1v) is 11.8. The number of primary amides is 1. The lowest BCUT2D eigenvalue weighted by Gasteiger charge is -2.50. The molecule has 0 fully saturated rings. The summed E-state index contributed by atoms with van der Waals surface area (Å²) in [4.78, 5) is 40.5. The zero-order chi connectivity index (χ0) is 26.9. The first kappa shape index (κ1) is 25.9. The van der Waals surface area contributed by atoms with Gasteiger partial charge in [0.1, 0.15) is 22.8 Å². The molecule has 10 nitrogen and oxygen atoms in total. The molecule has 194 valence electrons. The number of rotatable bonds is 4. The van der Waals surface area contributed by atoms with Crippen LogP contribution in [0.5, 0.6) is 5.75 Å². The fourth-order valence-corrected chi connectivity index (χ4v) is 5.84. The number of nitrogens with zero attached hydrogens (tertiary/aromatic N) is 1. The van der Waals surface area contributed by atoms with Crippen molar-refractivity contribution in [2.45, 2.75) is 57.3 Å². The van der Waals surface area contributed by atoms with Crippen LogP contribution >= 0.6 is 0 Å². The lowest BCUT2D eigenvalue weighted by Crippen LogP contribution is -2.63. The summed E-state index contributed by atoms with van der Waals surface area (Å²) in [6.45, 7) is 6.46. The average molecular weight is 500 g/mol. The van der Waals surface area contributed by atoms with Crippen LogP contribution in [-0.4, -0.2) is 74.1 Å². The van der Waals surface area contributed by atoms with Crippen LogP contribution < -0.4 is 11.1 Å². The Kier molecular flexibility index (Phi) is 6.06. The molecule has 0 unspecified atom stereocenters. The zero-order valence-electron chi connectivity index (χ0n) is 21.0. The quantitative estimate of drug-likeness (QED) is 0.330. The highest BCUT2D eigenvalue weighted by atomic mass is 16.3. The van der Waals surface area contributed by atoms with Gasteiger partial charge in [0.2, 0.25) is 5.78 Å². The number of aliphatic hydroxyl groups is 3. The van der Waals surface area contributed by atoms with Gasteiger partial charge in [-0.2, -0.15) is 0 Å². The van der Waals surface area contributed by atoms with Crippen molar-refractivity contribution in [3.8, 4) is 5.75 Å². The highest BCUT2D eigenvalue weighted by Crippen LogP contribution is 2.52. The van der Waals surface area contributed by atoms with Crippen LogP contribution in [0.3, 0.4) is 0 Å². The summed E-state index contributed by atoms with van der Waals surface area (Å²) in [7, 11) is 3.20. The Bertz CT molecular complexity index is 1240. The maximum absolute atomic E-state index is 13.7. The Labute approximate surface area is 209 Å². The number of aliphatic hydroxyl groups excluding tert-OH is 2. The number of aromatic hydroxyl groups is 1. The Hall–Kier alpha value is -3.21. The van der Waals surface area contributed by atoms with Gasteiger partial charge in [-0.25, -0.2) is 0 Å². The van der Waals surface area contributed by atoms with Crippen molar-refractivity contribution < 1.29 is 34.8 Å². The van der Waals surface area contributed by atoms with Crippen molar-refractivity contribution in [1.29, 1.82) is 0 Å². The fourth-order valence-electron chi connectivity index (χ4n) is 5.84. The summed E-state index contributed by atoms with van der Waals surface area (Å²) in [6, 6.07) is 2.14. The van der Waals surface area contributed by atoms with Gasteiger partial charge in [0.05, 0.1) is 11.6 Å². The van der Waals surface area contributed by atoms with E-state index in [1.807, 2.05) is 20.8 Å². The fraction of sp³-hybridized carbons (Fsp3) is 0.500. The van der Waals surface area contributed by atoms with E-state index in [1.54, 1.807) is 20.2 Å². The average Bonchev–Trinajstić information content (AvgIpc) is 2.74.